The van der Waals surface area contributed by atoms with Crippen LogP contribution in [0.25, 0.3) is 0 Å². The van der Waals surface area contributed by atoms with Crippen molar-refractivity contribution in [3.05, 3.63) is 53.1 Å². The topological polar surface area (TPSA) is 84.9 Å². The first kappa shape index (κ1) is 25.8. The van der Waals surface area contributed by atoms with E-state index >= 15 is 0 Å². The summed E-state index contributed by atoms with van der Waals surface area (Å²) < 4.78 is 36.6. The van der Waals surface area contributed by atoms with Crippen molar-refractivity contribution in [1.29, 1.82) is 0 Å². The van der Waals surface area contributed by atoms with E-state index in [1.54, 1.807) is 26.2 Å². The molecule has 0 unspecified atom stereocenters. The van der Waals surface area contributed by atoms with Gasteiger partial charge in [0.15, 0.2) is 0 Å². The molecule has 2 rings (SSSR count). The molecule has 0 radical (unpaired) electrons. The molecular weight excluding hydrogens is 452 g/mol. The first-order valence-corrected chi connectivity index (χ1v) is 12.5. The van der Waals surface area contributed by atoms with Gasteiger partial charge in [-0.05, 0) is 55.2 Å². The van der Waals surface area contributed by atoms with Crippen LogP contribution in [-0.2, 0) is 14.8 Å². The summed E-state index contributed by atoms with van der Waals surface area (Å²) in [5, 5.41) is 3.27. The van der Waals surface area contributed by atoms with Crippen LogP contribution in [0.2, 0.25) is 5.02 Å². The zero-order valence-corrected chi connectivity index (χ0v) is 20.8. The number of nitrogens with zero attached hydrogens (tertiary/aromatic N) is 1. The smallest absolute Gasteiger partial charge is 0.244 e. The highest BCUT2D eigenvalue weighted by molar-refractivity contribution is 7.92. The molecule has 32 heavy (non-hydrogen) atoms. The summed E-state index contributed by atoms with van der Waals surface area (Å²) in [6.45, 7) is 5.68. The molecule has 0 spiro atoms. The van der Waals surface area contributed by atoms with E-state index in [1.807, 2.05) is 24.3 Å². The van der Waals surface area contributed by atoms with Crippen LogP contribution >= 0.6 is 11.6 Å². The maximum atomic E-state index is 13.2. The second-order valence-corrected chi connectivity index (χ2v) is 10.3. The average Bonchev–Trinajstić information content (AvgIpc) is 2.72. The van der Waals surface area contributed by atoms with Crippen LogP contribution in [0.1, 0.15) is 38.8 Å². The summed E-state index contributed by atoms with van der Waals surface area (Å²) in [6, 6.07) is 10.8. The van der Waals surface area contributed by atoms with E-state index in [0.29, 0.717) is 18.1 Å². The first-order valence-electron chi connectivity index (χ1n) is 10.2. The van der Waals surface area contributed by atoms with E-state index < -0.39 is 22.0 Å². The van der Waals surface area contributed by atoms with Crippen LogP contribution in [-0.4, -0.2) is 40.8 Å². The van der Waals surface area contributed by atoms with Crippen molar-refractivity contribution < 1.29 is 22.7 Å². The van der Waals surface area contributed by atoms with Crippen LogP contribution in [0, 0.1) is 5.92 Å². The van der Waals surface area contributed by atoms with Crippen molar-refractivity contribution in [2.24, 2.45) is 5.92 Å². The fraction of sp³-hybridized carbons (Fsp3) is 0.435. The Balaban J connectivity index is 2.34. The number of methoxy groups -OCH3 is 2. The number of rotatable bonds is 10. The molecule has 0 heterocycles. The fourth-order valence-electron chi connectivity index (χ4n) is 3.48. The Labute approximate surface area is 195 Å². The van der Waals surface area contributed by atoms with E-state index in [2.05, 4.69) is 19.2 Å². The molecule has 2 aromatic rings. The number of hydrogen-bond acceptors (Lipinski definition) is 5. The maximum absolute atomic E-state index is 13.2. The minimum Gasteiger partial charge on any atom is -0.497 e. The lowest BCUT2D eigenvalue weighted by atomic mass is 9.96. The number of nitrogens with one attached hydrogen (secondary N) is 1. The molecule has 1 N–H and O–H groups in total. The van der Waals surface area contributed by atoms with E-state index in [-0.39, 0.29) is 16.8 Å². The van der Waals surface area contributed by atoms with Gasteiger partial charge in [0.2, 0.25) is 15.9 Å². The highest BCUT2D eigenvalue weighted by atomic mass is 35.5. The zero-order chi connectivity index (χ0) is 24.1. The quantitative estimate of drug-likeness (QED) is 0.542. The number of sulfonamides is 1. The normalized spacial score (nSPS) is 13.4. The van der Waals surface area contributed by atoms with Crippen LogP contribution < -0.4 is 19.1 Å². The molecule has 1 amide bonds. The predicted molar refractivity (Wildman–Crippen MR) is 128 cm³/mol. The lowest BCUT2D eigenvalue weighted by Gasteiger charge is -2.30. The van der Waals surface area contributed by atoms with Crippen LogP contribution in [0.15, 0.2) is 42.5 Å². The Bertz CT molecular complexity index is 1030. The summed E-state index contributed by atoms with van der Waals surface area (Å²) in [5.74, 6) is 1.03. The molecule has 2 atom stereocenters. The molecule has 2 aromatic carbocycles. The third kappa shape index (κ3) is 6.53. The molecule has 0 saturated heterocycles. The monoisotopic (exact) mass is 482 g/mol. The average molecular weight is 483 g/mol. The van der Waals surface area contributed by atoms with Gasteiger partial charge < -0.3 is 14.8 Å². The SMILES string of the molecule is COc1ccc([C@H](CC(C)C)NC(=O)[C@H](C)N(c2ccc(OC)c(Cl)c2)S(C)(=O)=O)cc1. The van der Waals surface area contributed by atoms with Gasteiger partial charge in [0.05, 0.1) is 37.2 Å². The molecule has 0 aliphatic carbocycles. The Morgan fingerprint density at radius 3 is 2.16 bits per heavy atom. The first-order chi connectivity index (χ1) is 15.0. The molecular formula is C23H31ClN2O5S. The number of ether oxygens (including phenoxy) is 2. The summed E-state index contributed by atoms with van der Waals surface area (Å²) in [6.07, 6.45) is 1.75. The van der Waals surface area contributed by atoms with Crippen molar-refractivity contribution in [2.45, 2.75) is 39.3 Å². The maximum Gasteiger partial charge on any atom is 0.244 e. The number of carbonyl (C=O) groups is 1. The van der Waals surface area contributed by atoms with Gasteiger partial charge in [0, 0.05) is 0 Å². The molecule has 9 heteroatoms. The fourth-order valence-corrected chi connectivity index (χ4v) is 4.90. The highest BCUT2D eigenvalue weighted by Gasteiger charge is 2.31. The number of amides is 1. The van der Waals surface area contributed by atoms with Crippen molar-refractivity contribution in [3.8, 4) is 11.5 Å². The van der Waals surface area contributed by atoms with Crippen LogP contribution in [0.4, 0.5) is 5.69 Å². The largest absolute Gasteiger partial charge is 0.497 e. The Morgan fingerprint density at radius 2 is 1.69 bits per heavy atom. The Morgan fingerprint density at radius 1 is 1.06 bits per heavy atom. The van der Waals surface area contributed by atoms with Gasteiger partial charge in [-0.3, -0.25) is 9.10 Å². The Hall–Kier alpha value is -2.45. The predicted octanol–water partition coefficient (Wildman–Crippen LogP) is 4.42. The summed E-state index contributed by atoms with van der Waals surface area (Å²) in [5.41, 5.74) is 1.20. The summed E-state index contributed by atoms with van der Waals surface area (Å²) in [7, 11) is -0.710. The molecule has 7 nitrogen and oxygen atoms in total. The third-order valence-electron chi connectivity index (χ3n) is 5.02. The molecule has 0 saturated carbocycles. The minimum absolute atomic E-state index is 0.252. The van der Waals surface area contributed by atoms with Crippen molar-refractivity contribution in [2.75, 3.05) is 24.8 Å². The second kappa shape index (κ2) is 10.9. The van der Waals surface area contributed by atoms with Gasteiger partial charge >= 0.3 is 0 Å². The van der Waals surface area contributed by atoms with Gasteiger partial charge in [-0.2, -0.15) is 0 Å². The van der Waals surface area contributed by atoms with Crippen molar-refractivity contribution in [3.63, 3.8) is 0 Å². The molecule has 0 aliphatic heterocycles. The lowest BCUT2D eigenvalue weighted by Crippen LogP contribution is -2.48. The third-order valence-corrected chi connectivity index (χ3v) is 6.56. The minimum atomic E-state index is -3.77. The molecule has 0 aliphatic rings. The Kier molecular flexibility index (Phi) is 8.81. The van der Waals surface area contributed by atoms with Gasteiger partial charge in [0.1, 0.15) is 17.5 Å². The van der Waals surface area contributed by atoms with Crippen LogP contribution in [0.5, 0.6) is 11.5 Å². The summed E-state index contributed by atoms with van der Waals surface area (Å²) >= 11 is 6.20. The van der Waals surface area contributed by atoms with Gasteiger partial charge in [-0.15, -0.1) is 0 Å². The van der Waals surface area contributed by atoms with Crippen molar-refractivity contribution in [1.82, 2.24) is 5.32 Å². The van der Waals surface area contributed by atoms with Gasteiger partial charge in [-0.25, -0.2) is 8.42 Å². The summed E-state index contributed by atoms with van der Waals surface area (Å²) in [4.78, 5) is 13.2. The highest BCUT2D eigenvalue weighted by Crippen LogP contribution is 2.31. The van der Waals surface area contributed by atoms with E-state index in [1.165, 1.54) is 13.2 Å². The van der Waals surface area contributed by atoms with E-state index in [4.69, 9.17) is 21.1 Å². The van der Waals surface area contributed by atoms with Crippen LogP contribution in [0.3, 0.4) is 0 Å². The standard InChI is InChI=1S/C23H31ClN2O5S/c1-15(2)13-21(17-7-10-19(30-4)11-8-17)25-23(27)16(3)26(32(6,28)29)18-9-12-22(31-5)20(24)14-18/h7-12,14-16,21H,13H2,1-6H3,(H,25,27)/t16-,21-/m0/s1. The molecule has 0 fully saturated rings. The molecule has 0 bridgehead atoms. The second-order valence-electron chi connectivity index (χ2n) is 8.02. The zero-order valence-electron chi connectivity index (χ0n) is 19.3. The molecule has 176 valence electrons. The number of benzene rings is 2. The van der Waals surface area contributed by atoms with E-state index in [9.17, 15) is 13.2 Å². The molecule has 0 aromatic heterocycles. The number of carbonyl (C=O) groups excluding carboxylic acids is 1. The van der Waals surface area contributed by atoms with E-state index in [0.717, 1.165) is 21.9 Å². The van der Waals surface area contributed by atoms with Gasteiger partial charge in [0.25, 0.3) is 0 Å². The lowest BCUT2D eigenvalue weighted by molar-refractivity contribution is -0.122. The number of anilines is 1. The number of halogens is 1. The van der Waals surface area contributed by atoms with Crippen molar-refractivity contribution >= 4 is 33.2 Å². The van der Waals surface area contributed by atoms with Gasteiger partial charge in [-0.1, -0.05) is 37.6 Å². The number of hydrogen-bond donors (Lipinski definition) is 1.